The fraction of sp³-hybridized carbons (Fsp3) is 0.900. The van der Waals surface area contributed by atoms with Crippen LogP contribution in [0.3, 0.4) is 0 Å². The molecule has 8 nitrogen and oxygen atoms in total. The number of aliphatic hydroxyl groups excluding tert-OH is 2. The SMILES string of the molecule is CN(CCO)CCC(=O)OCCCCCCCCOC(=O)CCN(C)CCO. The second-order valence-corrected chi connectivity index (χ2v) is 7.12. The minimum atomic E-state index is -0.186. The Morgan fingerprint density at radius 1 is 0.643 bits per heavy atom. The molecular weight excluding hydrogens is 364 g/mol. The van der Waals surface area contributed by atoms with Gasteiger partial charge >= 0.3 is 11.9 Å². The van der Waals surface area contributed by atoms with Crippen molar-refractivity contribution in [2.75, 3.05) is 66.7 Å². The van der Waals surface area contributed by atoms with Gasteiger partial charge in [-0.3, -0.25) is 9.59 Å². The molecule has 0 amide bonds. The molecule has 0 aromatic carbocycles. The van der Waals surface area contributed by atoms with Crippen molar-refractivity contribution in [1.29, 1.82) is 0 Å². The number of likely N-dealkylation sites (N-methyl/N-ethyl adjacent to an activating group) is 2. The van der Waals surface area contributed by atoms with Gasteiger partial charge in [-0.05, 0) is 26.9 Å². The summed E-state index contributed by atoms with van der Waals surface area (Å²) in [6.45, 7) is 3.44. The van der Waals surface area contributed by atoms with Crippen molar-refractivity contribution in [2.45, 2.75) is 51.4 Å². The van der Waals surface area contributed by atoms with Crippen molar-refractivity contribution in [3.05, 3.63) is 0 Å². The molecule has 0 heterocycles. The Labute approximate surface area is 169 Å². The zero-order valence-corrected chi connectivity index (χ0v) is 17.7. The van der Waals surface area contributed by atoms with E-state index in [0.29, 0.717) is 52.2 Å². The standard InChI is InChI=1S/C20H40N2O6/c1-21(13-15-23)11-9-19(25)27-17-7-5-3-4-6-8-18-28-20(26)10-12-22(2)14-16-24/h23-24H,3-18H2,1-2H3. The molecule has 0 radical (unpaired) electrons. The van der Waals surface area contributed by atoms with Crippen LogP contribution in [0, 0.1) is 0 Å². The number of ether oxygens (including phenoxy) is 2. The molecule has 28 heavy (non-hydrogen) atoms. The van der Waals surface area contributed by atoms with E-state index in [1.54, 1.807) is 0 Å². The van der Waals surface area contributed by atoms with E-state index in [2.05, 4.69) is 0 Å². The van der Waals surface area contributed by atoms with Gasteiger partial charge in [0, 0.05) is 26.2 Å². The number of nitrogens with zero attached hydrogens (tertiary/aromatic N) is 2. The summed E-state index contributed by atoms with van der Waals surface area (Å²) in [5.41, 5.74) is 0. The monoisotopic (exact) mass is 404 g/mol. The van der Waals surface area contributed by atoms with Crippen LogP contribution in [0.15, 0.2) is 0 Å². The van der Waals surface area contributed by atoms with E-state index in [1.165, 1.54) is 0 Å². The Balaban J connectivity index is 3.35. The summed E-state index contributed by atoms with van der Waals surface area (Å²) in [5, 5.41) is 17.6. The van der Waals surface area contributed by atoms with E-state index in [1.807, 2.05) is 23.9 Å². The molecule has 0 rings (SSSR count). The van der Waals surface area contributed by atoms with Crippen LogP contribution in [0.4, 0.5) is 0 Å². The second-order valence-electron chi connectivity index (χ2n) is 7.12. The summed E-state index contributed by atoms with van der Waals surface area (Å²) in [5.74, 6) is -0.372. The molecule has 0 aliphatic rings. The first kappa shape index (κ1) is 26.8. The highest BCUT2D eigenvalue weighted by Crippen LogP contribution is 2.06. The lowest BCUT2D eigenvalue weighted by molar-refractivity contribution is -0.145. The highest BCUT2D eigenvalue weighted by Gasteiger charge is 2.06. The quantitative estimate of drug-likeness (QED) is 0.243. The van der Waals surface area contributed by atoms with E-state index in [9.17, 15) is 9.59 Å². The average Bonchev–Trinajstić information content (AvgIpc) is 2.66. The normalized spacial score (nSPS) is 11.2. The minimum absolute atomic E-state index is 0.0942. The van der Waals surface area contributed by atoms with Crippen molar-refractivity contribution in [2.24, 2.45) is 0 Å². The molecule has 2 N–H and O–H groups in total. The van der Waals surface area contributed by atoms with Crippen LogP contribution >= 0.6 is 0 Å². The predicted octanol–water partition coefficient (Wildman–Crippen LogP) is 1.04. The van der Waals surface area contributed by atoms with E-state index in [-0.39, 0.29) is 25.2 Å². The molecule has 0 saturated heterocycles. The van der Waals surface area contributed by atoms with Gasteiger partial charge in [0.1, 0.15) is 0 Å². The maximum atomic E-state index is 11.6. The Bertz CT molecular complexity index is 359. The largest absolute Gasteiger partial charge is 0.466 e. The van der Waals surface area contributed by atoms with Gasteiger partial charge in [0.05, 0.1) is 39.3 Å². The Morgan fingerprint density at radius 3 is 1.36 bits per heavy atom. The molecule has 0 aromatic heterocycles. The van der Waals surface area contributed by atoms with Crippen molar-refractivity contribution >= 4 is 11.9 Å². The fourth-order valence-electron chi connectivity index (χ4n) is 2.56. The molecule has 8 heteroatoms. The number of unbranched alkanes of at least 4 members (excludes halogenated alkanes) is 5. The highest BCUT2D eigenvalue weighted by atomic mass is 16.5. The number of aliphatic hydroxyl groups is 2. The maximum Gasteiger partial charge on any atom is 0.307 e. The molecule has 0 aliphatic heterocycles. The first-order chi connectivity index (χ1) is 13.5. The maximum absolute atomic E-state index is 11.6. The summed E-state index contributed by atoms with van der Waals surface area (Å²) in [4.78, 5) is 26.9. The third-order valence-electron chi connectivity index (χ3n) is 4.42. The lowest BCUT2D eigenvalue weighted by atomic mass is 10.1. The first-order valence-corrected chi connectivity index (χ1v) is 10.4. The number of esters is 2. The van der Waals surface area contributed by atoms with Crippen LogP contribution < -0.4 is 0 Å². The van der Waals surface area contributed by atoms with Crippen molar-refractivity contribution in [3.8, 4) is 0 Å². The molecule has 0 unspecified atom stereocenters. The zero-order valence-electron chi connectivity index (χ0n) is 17.7. The highest BCUT2D eigenvalue weighted by molar-refractivity contribution is 5.69. The number of rotatable bonds is 19. The molecule has 0 fully saturated rings. The minimum Gasteiger partial charge on any atom is -0.466 e. The van der Waals surface area contributed by atoms with Gasteiger partial charge in [0.15, 0.2) is 0 Å². The third-order valence-corrected chi connectivity index (χ3v) is 4.42. The van der Waals surface area contributed by atoms with Gasteiger partial charge in [-0.2, -0.15) is 0 Å². The summed E-state index contributed by atoms with van der Waals surface area (Å²) in [7, 11) is 3.73. The number of hydrogen-bond donors (Lipinski definition) is 2. The van der Waals surface area contributed by atoms with Crippen molar-refractivity contribution in [1.82, 2.24) is 9.80 Å². The molecule has 0 spiro atoms. The lowest BCUT2D eigenvalue weighted by Gasteiger charge is -2.14. The lowest BCUT2D eigenvalue weighted by Crippen LogP contribution is -2.25. The molecular formula is C20H40N2O6. The van der Waals surface area contributed by atoms with E-state index >= 15 is 0 Å². The first-order valence-electron chi connectivity index (χ1n) is 10.4. The third kappa shape index (κ3) is 18.2. The Morgan fingerprint density at radius 2 is 1.00 bits per heavy atom. The second kappa shape index (κ2) is 19.1. The molecule has 0 saturated carbocycles. The van der Waals surface area contributed by atoms with Gasteiger partial charge < -0.3 is 29.5 Å². The smallest absolute Gasteiger partial charge is 0.307 e. The van der Waals surface area contributed by atoms with E-state index in [4.69, 9.17) is 19.7 Å². The molecule has 0 atom stereocenters. The Kier molecular flexibility index (Phi) is 18.3. The molecule has 166 valence electrons. The molecule has 0 bridgehead atoms. The van der Waals surface area contributed by atoms with Gasteiger partial charge in [-0.25, -0.2) is 0 Å². The van der Waals surface area contributed by atoms with Crippen molar-refractivity contribution < 1.29 is 29.3 Å². The van der Waals surface area contributed by atoms with Crippen LogP contribution in [0.1, 0.15) is 51.4 Å². The van der Waals surface area contributed by atoms with E-state index in [0.717, 1.165) is 38.5 Å². The summed E-state index contributed by atoms with van der Waals surface area (Å²) in [6, 6.07) is 0. The van der Waals surface area contributed by atoms with Crippen molar-refractivity contribution in [3.63, 3.8) is 0 Å². The van der Waals surface area contributed by atoms with E-state index < -0.39 is 0 Å². The molecule has 0 aromatic rings. The van der Waals surface area contributed by atoms with Gasteiger partial charge in [-0.15, -0.1) is 0 Å². The Hall–Kier alpha value is -1.22. The predicted molar refractivity (Wildman–Crippen MR) is 108 cm³/mol. The summed E-state index contributed by atoms with van der Waals surface area (Å²) >= 11 is 0. The topological polar surface area (TPSA) is 99.5 Å². The van der Waals surface area contributed by atoms with Gasteiger partial charge in [0.25, 0.3) is 0 Å². The number of hydrogen-bond acceptors (Lipinski definition) is 8. The van der Waals surface area contributed by atoms with Crippen LogP contribution in [-0.4, -0.2) is 98.7 Å². The van der Waals surface area contributed by atoms with Gasteiger partial charge in [0.2, 0.25) is 0 Å². The summed E-state index contributed by atoms with van der Waals surface area (Å²) in [6.07, 6.45) is 6.65. The van der Waals surface area contributed by atoms with Crippen LogP contribution in [0.25, 0.3) is 0 Å². The molecule has 0 aliphatic carbocycles. The number of carbonyl (C=O) groups is 2. The zero-order chi connectivity index (χ0) is 21.0. The van der Waals surface area contributed by atoms with Crippen LogP contribution in [0.2, 0.25) is 0 Å². The average molecular weight is 405 g/mol. The van der Waals surface area contributed by atoms with Crippen LogP contribution in [-0.2, 0) is 19.1 Å². The number of carbonyl (C=O) groups excluding carboxylic acids is 2. The van der Waals surface area contributed by atoms with Gasteiger partial charge in [-0.1, -0.05) is 25.7 Å². The van der Waals surface area contributed by atoms with Crippen LogP contribution in [0.5, 0.6) is 0 Å². The summed E-state index contributed by atoms with van der Waals surface area (Å²) < 4.78 is 10.4. The fourth-order valence-corrected chi connectivity index (χ4v) is 2.56.